The molecule has 0 bridgehead atoms. The predicted octanol–water partition coefficient (Wildman–Crippen LogP) is 4.34. The van der Waals surface area contributed by atoms with E-state index in [0.29, 0.717) is 11.6 Å². The van der Waals surface area contributed by atoms with E-state index in [1.165, 1.54) is 6.92 Å². The number of aromatic nitrogens is 2. The number of unbranched alkanes of at least 4 members (excludes halogenated alkanes) is 1. The number of hydrogen-bond acceptors (Lipinski definition) is 4. The first-order valence-corrected chi connectivity index (χ1v) is 8.53. The number of rotatable bonds is 9. The molecule has 0 saturated carbocycles. The monoisotopic (exact) mass is 344 g/mol. The third-order valence-electron chi connectivity index (χ3n) is 4.02. The van der Waals surface area contributed by atoms with E-state index in [1.54, 1.807) is 24.4 Å². The third kappa shape index (κ3) is 7.33. The fourth-order valence-corrected chi connectivity index (χ4v) is 2.47. The van der Waals surface area contributed by atoms with Crippen LogP contribution in [-0.4, -0.2) is 16.1 Å². The highest BCUT2D eigenvalue weighted by molar-refractivity contribution is 5.38. The highest BCUT2D eigenvalue weighted by atomic mass is 19.1. The zero-order valence-corrected chi connectivity index (χ0v) is 15.4. The van der Waals surface area contributed by atoms with Gasteiger partial charge in [0.05, 0.1) is 0 Å². The molecular weight excluding hydrogens is 315 g/mol. The molecule has 1 rings (SSSR count). The summed E-state index contributed by atoms with van der Waals surface area (Å²) in [4.78, 5) is 8.22. The van der Waals surface area contributed by atoms with Crippen LogP contribution in [0.3, 0.4) is 0 Å². The Morgan fingerprint density at radius 1 is 1.40 bits per heavy atom. The van der Waals surface area contributed by atoms with Gasteiger partial charge in [0.1, 0.15) is 6.17 Å². The molecule has 0 aliphatic carbocycles. The summed E-state index contributed by atoms with van der Waals surface area (Å²) < 4.78 is 13.2. The lowest BCUT2D eigenvalue weighted by Gasteiger charge is -2.10. The average Bonchev–Trinajstić information content (AvgIpc) is 2.55. The van der Waals surface area contributed by atoms with Crippen molar-refractivity contribution in [3.8, 4) is 0 Å². The molecule has 1 heterocycles. The molecule has 0 spiro atoms. The SMILES string of the molecule is C=C/C=C(N)/C(C)=C(/C=C\[C@@H](C)F)CCCCc1cnc(N)nc1C. The zero-order chi connectivity index (χ0) is 18.8. The molecule has 0 fully saturated rings. The Morgan fingerprint density at radius 2 is 2.12 bits per heavy atom. The van der Waals surface area contributed by atoms with Crippen LogP contribution in [0.2, 0.25) is 0 Å². The van der Waals surface area contributed by atoms with Gasteiger partial charge in [0.15, 0.2) is 0 Å². The van der Waals surface area contributed by atoms with Gasteiger partial charge < -0.3 is 11.5 Å². The van der Waals surface area contributed by atoms with Gasteiger partial charge >= 0.3 is 0 Å². The number of nitrogens with zero attached hydrogens (tertiary/aromatic N) is 2. The molecule has 1 aromatic rings. The second kappa shape index (κ2) is 10.4. The summed E-state index contributed by atoms with van der Waals surface area (Å²) in [5.41, 5.74) is 16.3. The quantitative estimate of drug-likeness (QED) is 0.516. The first-order valence-electron chi connectivity index (χ1n) is 8.53. The Bertz CT molecular complexity index is 672. The molecule has 0 saturated heterocycles. The summed E-state index contributed by atoms with van der Waals surface area (Å²) in [6.07, 6.45) is 11.3. The van der Waals surface area contributed by atoms with Crippen molar-refractivity contribution in [1.29, 1.82) is 0 Å². The van der Waals surface area contributed by atoms with E-state index in [9.17, 15) is 4.39 Å². The minimum absolute atomic E-state index is 0.303. The molecule has 4 N–H and O–H groups in total. The standard InChI is InChI=1S/C20H29FN4/c1-5-8-19(22)15(3)17(12-11-14(2)21)9-6-7-10-18-13-24-20(23)25-16(18)4/h5,8,11-14H,1,6-7,9-10,22H2,2-4H3,(H2,23,24,25)/b12-11-,17-15+,19-8-/t14-/m1/s1. The van der Waals surface area contributed by atoms with Gasteiger partial charge in [-0.15, -0.1) is 0 Å². The van der Waals surface area contributed by atoms with Crippen molar-refractivity contribution >= 4 is 5.95 Å². The maximum absolute atomic E-state index is 13.2. The second-order valence-corrected chi connectivity index (χ2v) is 6.09. The van der Waals surface area contributed by atoms with Crippen molar-refractivity contribution < 1.29 is 4.39 Å². The van der Waals surface area contributed by atoms with E-state index in [-0.39, 0.29) is 0 Å². The molecule has 0 aromatic carbocycles. The van der Waals surface area contributed by atoms with E-state index in [1.807, 2.05) is 19.9 Å². The van der Waals surface area contributed by atoms with Crippen LogP contribution in [0.4, 0.5) is 10.3 Å². The number of allylic oxidation sites excluding steroid dienone is 6. The Hall–Kier alpha value is -2.43. The van der Waals surface area contributed by atoms with Crippen molar-refractivity contribution in [2.75, 3.05) is 5.73 Å². The van der Waals surface area contributed by atoms with E-state index in [2.05, 4.69) is 16.5 Å². The predicted molar refractivity (Wildman–Crippen MR) is 104 cm³/mol. The van der Waals surface area contributed by atoms with Gasteiger partial charge in [0.25, 0.3) is 0 Å². The molecule has 0 aliphatic rings. The molecule has 136 valence electrons. The van der Waals surface area contributed by atoms with Gasteiger partial charge in [-0.3, -0.25) is 0 Å². The van der Waals surface area contributed by atoms with Crippen LogP contribution in [0.5, 0.6) is 0 Å². The number of hydrogen-bond donors (Lipinski definition) is 2. The number of aryl methyl sites for hydroxylation is 2. The Kier molecular flexibility index (Phi) is 8.61. The van der Waals surface area contributed by atoms with Gasteiger partial charge in [0, 0.05) is 17.6 Å². The van der Waals surface area contributed by atoms with E-state index < -0.39 is 6.17 Å². The summed E-state index contributed by atoms with van der Waals surface area (Å²) in [6, 6.07) is 0. The van der Waals surface area contributed by atoms with Gasteiger partial charge in [-0.05, 0) is 69.2 Å². The zero-order valence-electron chi connectivity index (χ0n) is 15.4. The molecule has 0 amide bonds. The maximum atomic E-state index is 13.2. The smallest absolute Gasteiger partial charge is 0.220 e. The Balaban J connectivity index is 2.74. The van der Waals surface area contributed by atoms with Crippen LogP contribution in [0.15, 0.2) is 53.9 Å². The molecule has 0 radical (unpaired) electrons. The lowest BCUT2D eigenvalue weighted by molar-refractivity contribution is 0.430. The normalized spacial score (nSPS) is 14.5. The molecule has 25 heavy (non-hydrogen) atoms. The van der Waals surface area contributed by atoms with Crippen molar-refractivity contribution in [3.05, 3.63) is 65.2 Å². The van der Waals surface area contributed by atoms with Crippen LogP contribution in [-0.2, 0) is 6.42 Å². The van der Waals surface area contributed by atoms with Crippen LogP contribution < -0.4 is 11.5 Å². The lowest BCUT2D eigenvalue weighted by atomic mass is 9.98. The summed E-state index contributed by atoms with van der Waals surface area (Å²) >= 11 is 0. The van der Waals surface area contributed by atoms with Crippen LogP contribution in [0.1, 0.15) is 44.4 Å². The van der Waals surface area contributed by atoms with Gasteiger partial charge in [0.2, 0.25) is 5.95 Å². The third-order valence-corrected chi connectivity index (χ3v) is 4.02. The molecule has 0 aliphatic heterocycles. The van der Waals surface area contributed by atoms with Gasteiger partial charge in [-0.1, -0.05) is 24.8 Å². The number of alkyl halides is 1. The maximum Gasteiger partial charge on any atom is 0.220 e. The minimum Gasteiger partial charge on any atom is -0.399 e. The van der Waals surface area contributed by atoms with Crippen LogP contribution in [0.25, 0.3) is 0 Å². The highest BCUT2D eigenvalue weighted by Gasteiger charge is 2.05. The summed E-state index contributed by atoms with van der Waals surface area (Å²) in [5, 5.41) is 0. The number of nitrogen functional groups attached to an aromatic ring is 1. The van der Waals surface area contributed by atoms with Crippen LogP contribution >= 0.6 is 0 Å². The van der Waals surface area contributed by atoms with Crippen molar-refractivity contribution in [3.63, 3.8) is 0 Å². The van der Waals surface area contributed by atoms with Crippen molar-refractivity contribution in [2.24, 2.45) is 5.73 Å². The Labute approximate surface area is 150 Å². The number of nitrogens with two attached hydrogens (primary N) is 2. The molecule has 1 aromatic heterocycles. The van der Waals surface area contributed by atoms with Crippen molar-refractivity contribution in [1.82, 2.24) is 9.97 Å². The second-order valence-electron chi connectivity index (χ2n) is 6.09. The van der Waals surface area contributed by atoms with E-state index >= 15 is 0 Å². The molecule has 4 nitrogen and oxygen atoms in total. The average molecular weight is 344 g/mol. The number of anilines is 1. The first-order chi connectivity index (χ1) is 11.8. The van der Waals surface area contributed by atoms with E-state index in [4.69, 9.17) is 11.5 Å². The molecule has 5 heteroatoms. The highest BCUT2D eigenvalue weighted by Crippen LogP contribution is 2.20. The molecule has 1 atom stereocenters. The fourth-order valence-electron chi connectivity index (χ4n) is 2.47. The molecule has 0 unspecified atom stereocenters. The Morgan fingerprint density at radius 3 is 2.72 bits per heavy atom. The summed E-state index contributed by atoms with van der Waals surface area (Å²) in [5.74, 6) is 0.303. The lowest BCUT2D eigenvalue weighted by Crippen LogP contribution is -2.02. The fraction of sp³-hybridized carbons (Fsp3) is 0.400. The van der Waals surface area contributed by atoms with Crippen molar-refractivity contribution in [2.45, 2.75) is 52.6 Å². The molecular formula is C20H29FN4. The van der Waals surface area contributed by atoms with Crippen LogP contribution in [0, 0.1) is 6.92 Å². The largest absolute Gasteiger partial charge is 0.399 e. The topological polar surface area (TPSA) is 77.8 Å². The minimum atomic E-state index is -0.984. The summed E-state index contributed by atoms with van der Waals surface area (Å²) in [6.45, 7) is 9.07. The first kappa shape index (κ1) is 20.6. The van der Waals surface area contributed by atoms with Gasteiger partial charge in [-0.2, -0.15) is 0 Å². The number of halogens is 1. The van der Waals surface area contributed by atoms with Gasteiger partial charge in [-0.25, -0.2) is 14.4 Å². The van der Waals surface area contributed by atoms with E-state index in [0.717, 1.165) is 48.1 Å². The summed E-state index contributed by atoms with van der Waals surface area (Å²) in [7, 11) is 0.